The molecule has 0 fully saturated rings. The quantitative estimate of drug-likeness (QED) is 0.604. The molecule has 1 amide bonds. The van der Waals surface area contributed by atoms with E-state index in [-0.39, 0.29) is 5.91 Å². The highest BCUT2D eigenvalue weighted by Gasteiger charge is 2.12. The standard InChI is InChI=1S/C11H12N4O2/c1-17-14-11(16)10-6-13-7-15(10)9-4-2-8(12)3-5-9/h2-7H,12H2,1H3,(H,14,16). The number of nitrogens with zero attached hydrogens (tertiary/aromatic N) is 2. The first kappa shape index (κ1) is 11.2. The molecule has 6 heteroatoms. The van der Waals surface area contributed by atoms with Crippen molar-refractivity contribution < 1.29 is 9.63 Å². The Morgan fingerprint density at radius 3 is 2.76 bits per heavy atom. The minimum Gasteiger partial charge on any atom is -0.399 e. The van der Waals surface area contributed by atoms with E-state index >= 15 is 0 Å². The van der Waals surface area contributed by atoms with Crippen molar-refractivity contribution in [1.82, 2.24) is 15.0 Å². The molecule has 17 heavy (non-hydrogen) atoms. The highest BCUT2D eigenvalue weighted by Crippen LogP contribution is 2.13. The molecule has 6 nitrogen and oxygen atoms in total. The van der Waals surface area contributed by atoms with Gasteiger partial charge in [-0.3, -0.25) is 14.2 Å². The van der Waals surface area contributed by atoms with Gasteiger partial charge in [0, 0.05) is 11.4 Å². The smallest absolute Gasteiger partial charge is 0.293 e. The third-order valence-corrected chi connectivity index (χ3v) is 2.24. The number of nitrogens with one attached hydrogen (secondary N) is 1. The molecule has 1 heterocycles. The molecule has 0 saturated heterocycles. The highest BCUT2D eigenvalue weighted by molar-refractivity contribution is 5.92. The number of benzene rings is 1. The number of imidazole rings is 1. The van der Waals surface area contributed by atoms with Crippen LogP contribution in [0.4, 0.5) is 5.69 Å². The molecule has 1 aromatic heterocycles. The van der Waals surface area contributed by atoms with Crippen LogP contribution in [-0.4, -0.2) is 22.6 Å². The van der Waals surface area contributed by atoms with Crippen LogP contribution in [0.5, 0.6) is 0 Å². The molecule has 0 spiro atoms. The lowest BCUT2D eigenvalue weighted by Gasteiger charge is -2.07. The summed E-state index contributed by atoms with van der Waals surface area (Å²) in [5.74, 6) is -0.359. The van der Waals surface area contributed by atoms with Crippen LogP contribution in [0.3, 0.4) is 0 Å². The Hall–Kier alpha value is -2.34. The SMILES string of the molecule is CONC(=O)c1cncn1-c1ccc(N)cc1. The minimum atomic E-state index is -0.359. The van der Waals surface area contributed by atoms with Gasteiger partial charge in [0.1, 0.15) is 5.69 Å². The minimum absolute atomic E-state index is 0.359. The Morgan fingerprint density at radius 2 is 2.12 bits per heavy atom. The molecular formula is C11H12N4O2. The first-order chi connectivity index (χ1) is 8.22. The fourth-order valence-corrected chi connectivity index (χ4v) is 1.45. The van der Waals surface area contributed by atoms with Crippen molar-refractivity contribution in [2.45, 2.75) is 0 Å². The van der Waals surface area contributed by atoms with Gasteiger partial charge in [-0.25, -0.2) is 10.5 Å². The summed E-state index contributed by atoms with van der Waals surface area (Å²) in [4.78, 5) is 20.2. The maximum atomic E-state index is 11.6. The van der Waals surface area contributed by atoms with Gasteiger partial charge in [-0.05, 0) is 24.3 Å². The maximum Gasteiger partial charge on any atom is 0.293 e. The van der Waals surface area contributed by atoms with E-state index in [1.165, 1.54) is 13.3 Å². The van der Waals surface area contributed by atoms with Crippen molar-refractivity contribution in [2.75, 3.05) is 12.8 Å². The van der Waals surface area contributed by atoms with Gasteiger partial charge >= 0.3 is 0 Å². The summed E-state index contributed by atoms with van der Waals surface area (Å²) in [6.07, 6.45) is 3.01. The Morgan fingerprint density at radius 1 is 1.41 bits per heavy atom. The number of carbonyl (C=O) groups is 1. The summed E-state index contributed by atoms with van der Waals surface area (Å²) >= 11 is 0. The van der Waals surface area contributed by atoms with E-state index in [1.54, 1.807) is 35.2 Å². The number of nitrogen functional groups attached to an aromatic ring is 1. The zero-order valence-electron chi connectivity index (χ0n) is 9.25. The van der Waals surface area contributed by atoms with Gasteiger partial charge in [0.05, 0.1) is 19.6 Å². The molecule has 0 aliphatic carbocycles. The molecule has 0 saturated carbocycles. The van der Waals surface area contributed by atoms with Gasteiger partial charge in [-0.2, -0.15) is 0 Å². The molecule has 3 N–H and O–H groups in total. The number of hydrogen-bond donors (Lipinski definition) is 2. The summed E-state index contributed by atoms with van der Waals surface area (Å²) in [5, 5.41) is 0. The summed E-state index contributed by atoms with van der Waals surface area (Å²) in [6.45, 7) is 0. The van der Waals surface area contributed by atoms with Crippen LogP contribution in [0.2, 0.25) is 0 Å². The van der Waals surface area contributed by atoms with Crippen molar-refractivity contribution in [3.05, 3.63) is 42.5 Å². The second kappa shape index (κ2) is 4.67. The average Bonchev–Trinajstić information content (AvgIpc) is 2.79. The van der Waals surface area contributed by atoms with Gasteiger partial charge in [-0.1, -0.05) is 0 Å². The van der Waals surface area contributed by atoms with E-state index in [9.17, 15) is 4.79 Å². The van der Waals surface area contributed by atoms with Crippen molar-refractivity contribution in [1.29, 1.82) is 0 Å². The normalized spacial score (nSPS) is 10.2. The lowest BCUT2D eigenvalue weighted by molar-refractivity contribution is 0.0530. The molecule has 1 aromatic carbocycles. The number of rotatable bonds is 3. The summed E-state index contributed by atoms with van der Waals surface area (Å²) < 4.78 is 1.65. The van der Waals surface area contributed by atoms with Gasteiger partial charge < -0.3 is 5.73 Å². The van der Waals surface area contributed by atoms with Gasteiger partial charge in [-0.15, -0.1) is 0 Å². The van der Waals surface area contributed by atoms with E-state index in [2.05, 4.69) is 15.3 Å². The van der Waals surface area contributed by atoms with Crippen LogP contribution < -0.4 is 11.2 Å². The summed E-state index contributed by atoms with van der Waals surface area (Å²) in [7, 11) is 1.38. The number of anilines is 1. The lowest BCUT2D eigenvalue weighted by atomic mass is 10.3. The number of hydroxylamine groups is 1. The predicted molar refractivity (Wildman–Crippen MR) is 62.5 cm³/mol. The fraction of sp³-hybridized carbons (Fsp3) is 0.0909. The van der Waals surface area contributed by atoms with Crippen molar-refractivity contribution in [2.24, 2.45) is 0 Å². The molecule has 2 rings (SSSR count). The highest BCUT2D eigenvalue weighted by atomic mass is 16.6. The Kier molecular flexibility index (Phi) is 3.06. The van der Waals surface area contributed by atoms with E-state index in [0.717, 1.165) is 5.69 Å². The van der Waals surface area contributed by atoms with E-state index in [0.29, 0.717) is 11.4 Å². The Bertz CT molecular complexity index is 519. The van der Waals surface area contributed by atoms with Crippen LogP contribution in [0.25, 0.3) is 5.69 Å². The molecule has 2 aromatic rings. The molecular weight excluding hydrogens is 220 g/mol. The van der Waals surface area contributed by atoms with Gasteiger partial charge in [0.25, 0.3) is 5.91 Å². The molecule has 0 atom stereocenters. The van der Waals surface area contributed by atoms with E-state index < -0.39 is 0 Å². The number of hydrogen-bond acceptors (Lipinski definition) is 4. The lowest BCUT2D eigenvalue weighted by Crippen LogP contribution is -2.24. The van der Waals surface area contributed by atoms with Gasteiger partial charge in [0.2, 0.25) is 0 Å². The third kappa shape index (κ3) is 2.26. The first-order valence-corrected chi connectivity index (χ1v) is 4.94. The summed E-state index contributed by atoms with van der Waals surface area (Å²) in [5.41, 5.74) is 9.70. The van der Waals surface area contributed by atoms with Crippen LogP contribution in [0.1, 0.15) is 10.5 Å². The number of nitrogens with two attached hydrogens (primary N) is 1. The molecule has 0 aliphatic rings. The molecule has 0 radical (unpaired) electrons. The number of carbonyl (C=O) groups excluding carboxylic acids is 1. The average molecular weight is 232 g/mol. The molecule has 88 valence electrons. The monoisotopic (exact) mass is 232 g/mol. The second-order valence-electron chi connectivity index (χ2n) is 3.38. The van der Waals surface area contributed by atoms with Crippen LogP contribution in [-0.2, 0) is 4.84 Å². The van der Waals surface area contributed by atoms with Crippen LogP contribution in [0, 0.1) is 0 Å². The van der Waals surface area contributed by atoms with E-state index in [4.69, 9.17) is 5.73 Å². The first-order valence-electron chi connectivity index (χ1n) is 4.94. The van der Waals surface area contributed by atoms with Crippen LogP contribution >= 0.6 is 0 Å². The van der Waals surface area contributed by atoms with Crippen LogP contribution in [0.15, 0.2) is 36.8 Å². The number of aromatic nitrogens is 2. The Balaban J connectivity index is 2.36. The molecule has 0 unspecified atom stereocenters. The molecule has 0 bridgehead atoms. The summed E-state index contributed by atoms with van der Waals surface area (Å²) in [6, 6.07) is 7.13. The van der Waals surface area contributed by atoms with E-state index in [1.807, 2.05) is 0 Å². The third-order valence-electron chi connectivity index (χ3n) is 2.24. The largest absolute Gasteiger partial charge is 0.399 e. The predicted octanol–water partition coefficient (Wildman–Crippen LogP) is 0.746. The maximum absolute atomic E-state index is 11.6. The van der Waals surface area contributed by atoms with Crippen molar-refractivity contribution in [3.63, 3.8) is 0 Å². The van der Waals surface area contributed by atoms with Gasteiger partial charge in [0.15, 0.2) is 0 Å². The van der Waals surface area contributed by atoms with Crippen molar-refractivity contribution in [3.8, 4) is 5.69 Å². The Labute approximate surface area is 98.0 Å². The van der Waals surface area contributed by atoms with Crippen molar-refractivity contribution >= 4 is 11.6 Å². The second-order valence-corrected chi connectivity index (χ2v) is 3.38. The number of amides is 1. The zero-order chi connectivity index (χ0) is 12.3. The zero-order valence-corrected chi connectivity index (χ0v) is 9.25. The molecule has 0 aliphatic heterocycles. The fourth-order valence-electron chi connectivity index (χ4n) is 1.45. The topological polar surface area (TPSA) is 82.2 Å².